The van der Waals surface area contributed by atoms with E-state index < -0.39 is 0 Å². The van der Waals surface area contributed by atoms with Gasteiger partial charge in [-0.1, -0.05) is 44.2 Å². The van der Waals surface area contributed by atoms with Crippen LogP contribution in [-0.4, -0.2) is 39.2 Å². The first-order valence-electron chi connectivity index (χ1n) is 9.88. The Labute approximate surface area is 157 Å². The van der Waals surface area contributed by atoms with E-state index in [1.165, 1.54) is 5.56 Å². The number of hydrogen-bond acceptors (Lipinski definition) is 4. The normalized spacial score (nSPS) is 17.5. The molecule has 1 aliphatic rings. The number of piperidine rings is 1. The monoisotopic (exact) mass is 353 g/mol. The molecule has 0 unspecified atom stereocenters. The molecule has 26 heavy (non-hydrogen) atoms. The molecule has 2 heterocycles. The predicted octanol–water partition coefficient (Wildman–Crippen LogP) is 3.81. The smallest absolute Gasteiger partial charge is 0.131 e. The molecule has 1 saturated heterocycles. The van der Waals surface area contributed by atoms with Crippen molar-refractivity contribution in [3.63, 3.8) is 0 Å². The fraction of sp³-hybridized carbons (Fsp3) is 0.545. The lowest BCUT2D eigenvalue weighted by atomic mass is 9.88. The number of aromatic nitrogens is 2. The van der Waals surface area contributed by atoms with Crippen LogP contribution in [0.25, 0.3) is 0 Å². The fourth-order valence-electron chi connectivity index (χ4n) is 3.70. The molecule has 4 nitrogen and oxygen atoms in total. The standard InChI is InChI=1S/C22H31N3O/c1-17(2)22-23-13-10-20(24-22)16-25-14-11-19(12-15-25)21(26)9-8-18-6-4-3-5-7-18/h3-7,10,13,17,19,21,26H,8-9,11-12,14-16H2,1-2H3/t21-/m1/s1. The van der Waals surface area contributed by atoms with E-state index in [0.717, 1.165) is 56.8 Å². The van der Waals surface area contributed by atoms with Gasteiger partial charge in [0.15, 0.2) is 0 Å². The number of hydrogen-bond donors (Lipinski definition) is 1. The lowest BCUT2D eigenvalue weighted by Gasteiger charge is -2.34. The number of likely N-dealkylation sites (tertiary alicyclic amines) is 1. The van der Waals surface area contributed by atoms with Gasteiger partial charge in [-0.15, -0.1) is 0 Å². The third-order valence-electron chi connectivity index (χ3n) is 5.38. The molecule has 0 amide bonds. The molecular weight excluding hydrogens is 322 g/mol. The zero-order valence-corrected chi connectivity index (χ0v) is 16.0. The van der Waals surface area contributed by atoms with Crippen LogP contribution in [0.3, 0.4) is 0 Å². The maximum Gasteiger partial charge on any atom is 0.131 e. The van der Waals surface area contributed by atoms with Gasteiger partial charge in [-0.25, -0.2) is 9.97 Å². The lowest BCUT2D eigenvalue weighted by Crippen LogP contribution is -2.37. The number of aliphatic hydroxyl groups excluding tert-OH is 1. The van der Waals surface area contributed by atoms with E-state index in [-0.39, 0.29) is 6.10 Å². The average Bonchev–Trinajstić information content (AvgIpc) is 2.68. The SMILES string of the molecule is CC(C)c1nccc(CN2CCC([C@H](O)CCc3ccccc3)CC2)n1. The van der Waals surface area contributed by atoms with Crippen LogP contribution in [-0.2, 0) is 13.0 Å². The van der Waals surface area contributed by atoms with Crippen molar-refractivity contribution in [2.75, 3.05) is 13.1 Å². The lowest BCUT2D eigenvalue weighted by molar-refractivity contribution is 0.0516. The number of rotatable bonds is 7. The van der Waals surface area contributed by atoms with Crippen LogP contribution in [0.2, 0.25) is 0 Å². The molecule has 1 aromatic carbocycles. The molecule has 1 aliphatic heterocycles. The minimum Gasteiger partial charge on any atom is -0.393 e. The average molecular weight is 354 g/mol. The highest BCUT2D eigenvalue weighted by molar-refractivity contribution is 5.14. The summed E-state index contributed by atoms with van der Waals surface area (Å²) in [5.41, 5.74) is 2.42. The van der Waals surface area contributed by atoms with Crippen molar-refractivity contribution >= 4 is 0 Å². The second kappa shape index (κ2) is 9.24. The summed E-state index contributed by atoms with van der Waals surface area (Å²) in [7, 11) is 0. The molecule has 0 spiro atoms. The first-order valence-corrected chi connectivity index (χ1v) is 9.88. The summed E-state index contributed by atoms with van der Waals surface area (Å²) in [5.74, 6) is 1.71. The van der Waals surface area contributed by atoms with Crippen LogP contribution in [0.5, 0.6) is 0 Å². The summed E-state index contributed by atoms with van der Waals surface area (Å²) in [6, 6.07) is 12.5. The van der Waals surface area contributed by atoms with Gasteiger partial charge in [-0.2, -0.15) is 0 Å². The molecule has 3 rings (SSSR count). The van der Waals surface area contributed by atoms with Crippen LogP contribution < -0.4 is 0 Å². The van der Waals surface area contributed by atoms with Crippen molar-refractivity contribution in [3.05, 3.63) is 59.7 Å². The highest BCUT2D eigenvalue weighted by Crippen LogP contribution is 2.24. The third-order valence-corrected chi connectivity index (χ3v) is 5.38. The topological polar surface area (TPSA) is 49.2 Å². The summed E-state index contributed by atoms with van der Waals surface area (Å²) in [4.78, 5) is 11.5. The Bertz CT molecular complexity index is 666. The van der Waals surface area contributed by atoms with Gasteiger partial charge in [0, 0.05) is 18.7 Å². The summed E-state index contributed by atoms with van der Waals surface area (Å²) in [5, 5.41) is 10.6. The summed E-state index contributed by atoms with van der Waals surface area (Å²) >= 11 is 0. The molecule has 4 heteroatoms. The van der Waals surface area contributed by atoms with Gasteiger partial charge in [0.05, 0.1) is 11.8 Å². The first kappa shape index (κ1) is 19.0. The number of nitrogens with zero attached hydrogens (tertiary/aromatic N) is 3. The molecule has 140 valence electrons. The second-order valence-corrected chi connectivity index (χ2v) is 7.77. The molecule has 1 aromatic heterocycles. The summed E-state index contributed by atoms with van der Waals surface area (Å²) in [6.45, 7) is 7.21. The van der Waals surface area contributed by atoms with E-state index in [2.05, 4.69) is 53.0 Å². The van der Waals surface area contributed by atoms with Crippen molar-refractivity contribution in [3.8, 4) is 0 Å². The second-order valence-electron chi connectivity index (χ2n) is 7.77. The van der Waals surface area contributed by atoms with Gasteiger partial charge < -0.3 is 5.11 Å². The van der Waals surface area contributed by atoms with Crippen molar-refractivity contribution in [1.29, 1.82) is 0 Å². The molecule has 0 aliphatic carbocycles. The number of aliphatic hydroxyl groups is 1. The minimum atomic E-state index is -0.191. The highest BCUT2D eigenvalue weighted by Gasteiger charge is 2.25. The summed E-state index contributed by atoms with van der Waals surface area (Å²) in [6.07, 6.45) is 5.64. The Morgan fingerprint density at radius 3 is 2.54 bits per heavy atom. The van der Waals surface area contributed by atoms with Crippen LogP contribution in [0.4, 0.5) is 0 Å². The van der Waals surface area contributed by atoms with E-state index in [0.29, 0.717) is 11.8 Å². The largest absolute Gasteiger partial charge is 0.393 e. The minimum absolute atomic E-state index is 0.191. The van der Waals surface area contributed by atoms with Gasteiger partial charge in [0.25, 0.3) is 0 Å². The molecule has 0 saturated carbocycles. The highest BCUT2D eigenvalue weighted by atomic mass is 16.3. The Morgan fingerprint density at radius 2 is 1.85 bits per heavy atom. The van der Waals surface area contributed by atoms with Crippen molar-refractivity contribution in [2.45, 2.75) is 58.1 Å². The zero-order chi connectivity index (χ0) is 18.4. The molecule has 0 radical (unpaired) electrons. The maximum absolute atomic E-state index is 10.6. The van der Waals surface area contributed by atoms with Crippen LogP contribution in [0.15, 0.2) is 42.6 Å². The zero-order valence-electron chi connectivity index (χ0n) is 16.0. The number of benzene rings is 1. The molecule has 0 bridgehead atoms. The molecule has 2 aromatic rings. The fourth-order valence-corrected chi connectivity index (χ4v) is 3.70. The van der Waals surface area contributed by atoms with Crippen LogP contribution in [0, 0.1) is 5.92 Å². The van der Waals surface area contributed by atoms with Gasteiger partial charge in [0.1, 0.15) is 5.82 Å². The molecular formula is C22H31N3O. The van der Waals surface area contributed by atoms with Crippen LogP contribution in [0.1, 0.15) is 56.1 Å². The molecule has 1 fully saturated rings. The Hall–Kier alpha value is -1.78. The van der Waals surface area contributed by atoms with Crippen molar-refractivity contribution in [1.82, 2.24) is 14.9 Å². The number of aryl methyl sites for hydroxylation is 1. The molecule has 1 N–H and O–H groups in total. The van der Waals surface area contributed by atoms with Gasteiger partial charge >= 0.3 is 0 Å². The van der Waals surface area contributed by atoms with E-state index in [1.807, 2.05) is 18.3 Å². The van der Waals surface area contributed by atoms with E-state index >= 15 is 0 Å². The third kappa shape index (κ3) is 5.36. The predicted molar refractivity (Wildman–Crippen MR) is 105 cm³/mol. The maximum atomic E-state index is 10.6. The van der Waals surface area contributed by atoms with Crippen LogP contribution >= 0.6 is 0 Å². The first-order chi connectivity index (χ1) is 12.6. The Balaban J connectivity index is 1.44. The van der Waals surface area contributed by atoms with Gasteiger partial charge in [0.2, 0.25) is 0 Å². The van der Waals surface area contributed by atoms with E-state index in [1.54, 1.807) is 0 Å². The van der Waals surface area contributed by atoms with E-state index in [9.17, 15) is 5.11 Å². The summed E-state index contributed by atoms with van der Waals surface area (Å²) < 4.78 is 0. The van der Waals surface area contributed by atoms with E-state index in [4.69, 9.17) is 0 Å². The van der Waals surface area contributed by atoms with Crippen molar-refractivity contribution < 1.29 is 5.11 Å². The Kier molecular flexibility index (Phi) is 6.75. The quantitative estimate of drug-likeness (QED) is 0.822. The van der Waals surface area contributed by atoms with Crippen molar-refractivity contribution in [2.24, 2.45) is 5.92 Å². The van der Waals surface area contributed by atoms with Gasteiger partial charge in [-0.05, 0) is 56.3 Å². The Morgan fingerprint density at radius 1 is 1.12 bits per heavy atom. The van der Waals surface area contributed by atoms with Gasteiger partial charge in [-0.3, -0.25) is 4.90 Å². The molecule has 1 atom stereocenters.